The summed E-state index contributed by atoms with van der Waals surface area (Å²) < 4.78 is 0. The van der Waals surface area contributed by atoms with E-state index in [1.165, 1.54) is 5.01 Å². The summed E-state index contributed by atoms with van der Waals surface area (Å²) in [6.07, 6.45) is 0. The standard InChI is InChI=1S/C4H12N4O/c1-7-8(2-3-9)4(5)6/h7,9H,2-3H2,1H3,(H3,5,6). The smallest absolute Gasteiger partial charge is 0.203 e. The van der Waals surface area contributed by atoms with Crippen molar-refractivity contribution in [3.05, 3.63) is 0 Å². The molecular weight excluding hydrogens is 120 g/mol. The fourth-order valence-electron chi connectivity index (χ4n) is 0.453. The van der Waals surface area contributed by atoms with Gasteiger partial charge in [0.25, 0.3) is 0 Å². The van der Waals surface area contributed by atoms with Gasteiger partial charge in [-0.2, -0.15) is 0 Å². The van der Waals surface area contributed by atoms with Gasteiger partial charge in [-0.3, -0.25) is 10.4 Å². The summed E-state index contributed by atoms with van der Waals surface area (Å²) in [4.78, 5) is 0. The first-order chi connectivity index (χ1) is 4.22. The highest BCUT2D eigenvalue weighted by Crippen LogP contribution is 1.74. The summed E-state index contributed by atoms with van der Waals surface area (Å²) in [6, 6.07) is 0. The third-order valence-corrected chi connectivity index (χ3v) is 0.884. The number of nitrogens with zero attached hydrogens (tertiary/aromatic N) is 1. The molecule has 0 unspecified atom stereocenters. The van der Waals surface area contributed by atoms with Crippen molar-refractivity contribution in [1.29, 1.82) is 5.41 Å². The van der Waals surface area contributed by atoms with Gasteiger partial charge in [0.05, 0.1) is 13.2 Å². The first-order valence-electron chi connectivity index (χ1n) is 2.62. The molecule has 0 rings (SSSR count). The molecule has 0 aromatic carbocycles. The van der Waals surface area contributed by atoms with E-state index in [0.29, 0.717) is 6.54 Å². The molecule has 0 fully saturated rings. The Labute approximate surface area is 53.9 Å². The number of rotatable bonds is 3. The van der Waals surface area contributed by atoms with E-state index >= 15 is 0 Å². The van der Waals surface area contributed by atoms with Crippen LogP contribution < -0.4 is 11.2 Å². The van der Waals surface area contributed by atoms with Crippen LogP contribution in [0.3, 0.4) is 0 Å². The van der Waals surface area contributed by atoms with Crippen LogP contribution in [-0.2, 0) is 0 Å². The fourth-order valence-corrected chi connectivity index (χ4v) is 0.453. The maximum atomic E-state index is 8.38. The molecule has 5 heteroatoms. The van der Waals surface area contributed by atoms with Crippen LogP contribution in [0.4, 0.5) is 0 Å². The molecule has 0 spiro atoms. The molecule has 54 valence electrons. The van der Waals surface area contributed by atoms with E-state index < -0.39 is 0 Å². The Kier molecular flexibility index (Phi) is 3.74. The van der Waals surface area contributed by atoms with E-state index in [1.54, 1.807) is 7.05 Å². The Bertz CT molecular complexity index is 94.6. The summed E-state index contributed by atoms with van der Waals surface area (Å²) >= 11 is 0. The van der Waals surface area contributed by atoms with Gasteiger partial charge >= 0.3 is 0 Å². The summed E-state index contributed by atoms with van der Waals surface area (Å²) in [5.41, 5.74) is 7.70. The van der Waals surface area contributed by atoms with Crippen molar-refractivity contribution in [3.63, 3.8) is 0 Å². The normalized spacial score (nSPS) is 9.11. The molecule has 5 N–H and O–H groups in total. The quantitative estimate of drug-likeness (QED) is 0.210. The molecule has 0 atom stereocenters. The van der Waals surface area contributed by atoms with Crippen LogP contribution >= 0.6 is 0 Å². The maximum absolute atomic E-state index is 8.38. The fraction of sp³-hybridized carbons (Fsp3) is 0.750. The molecule has 0 aliphatic rings. The molecule has 0 amide bonds. The van der Waals surface area contributed by atoms with Gasteiger partial charge in [0.1, 0.15) is 0 Å². The summed E-state index contributed by atoms with van der Waals surface area (Å²) in [7, 11) is 1.64. The van der Waals surface area contributed by atoms with Crippen LogP contribution in [0.25, 0.3) is 0 Å². The highest BCUT2D eigenvalue weighted by molar-refractivity contribution is 5.73. The van der Waals surface area contributed by atoms with Gasteiger partial charge in [0.15, 0.2) is 0 Å². The number of nitrogens with two attached hydrogens (primary N) is 1. The van der Waals surface area contributed by atoms with Gasteiger partial charge in [-0.25, -0.2) is 5.43 Å². The van der Waals surface area contributed by atoms with Gasteiger partial charge in [0, 0.05) is 7.05 Å². The topological polar surface area (TPSA) is 85.4 Å². The molecule has 0 aliphatic carbocycles. The molecule has 0 aliphatic heterocycles. The minimum Gasteiger partial charge on any atom is -0.394 e. The van der Waals surface area contributed by atoms with Crippen molar-refractivity contribution in [2.45, 2.75) is 0 Å². The largest absolute Gasteiger partial charge is 0.394 e. The highest BCUT2D eigenvalue weighted by atomic mass is 16.3. The van der Waals surface area contributed by atoms with Crippen LogP contribution in [0.1, 0.15) is 0 Å². The van der Waals surface area contributed by atoms with Crippen LogP contribution in [0, 0.1) is 5.41 Å². The van der Waals surface area contributed by atoms with Gasteiger partial charge in [-0.15, -0.1) is 0 Å². The zero-order valence-electron chi connectivity index (χ0n) is 5.39. The van der Waals surface area contributed by atoms with E-state index in [1.807, 2.05) is 0 Å². The Morgan fingerprint density at radius 1 is 1.89 bits per heavy atom. The average molecular weight is 132 g/mol. The van der Waals surface area contributed by atoms with Gasteiger partial charge < -0.3 is 10.8 Å². The molecule has 0 aromatic heterocycles. The Balaban J connectivity index is 3.54. The first-order valence-corrected chi connectivity index (χ1v) is 2.62. The van der Waals surface area contributed by atoms with Crippen molar-refractivity contribution in [2.24, 2.45) is 5.73 Å². The number of hydrogen-bond acceptors (Lipinski definition) is 3. The number of guanidine groups is 1. The van der Waals surface area contributed by atoms with E-state index in [9.17, 15) is 0 Å². The van der Waals surface area contributed by atoms with Crippen LogP contribution in [0.15, 0.2) is 0 Å². The number of hydrazine groups is 1. The van der Waals surface area contributed by atoms with Crippen molar-refractivity contribution in [3.8, 4) is 0 Å². The summed E-state index contributed by atoms with van der Waals surface area (Å²) in [5, 5.41) is 16.6. The van der Waals surface area contributed by atoms with Gasteiger partial charge in [-0.1, -0.05) is 0 Å². The zero-order valence-corrected chi connectivity index (χ0v) is 5.39. The van der Waals surface area contributed by atoms with Crippen molar-refractivity contribution < 1.29 is 5.11 Å². The number of hydrogen-bond donors (Lipinski definition) is 4. The number of aliphatic hydroxyl groups excluding tert-OH is 1. The van der Waals surface area contributed by atoms with Gasteiger partial charge in [-0.05, 0) is 0 Å². The summed E-state index contributed by atoms with van der Waals surface area (Å²) in [5.74, 6) is -0.0912. The minimum absolute atomic E-state index is 0.0135. The van der Waals surface area contributed by atoms with E-state index in [0.717, 1.165) is 0 Å². The third kappa shape index (κ3) is 2.89. The summed E-state index contributed by atoms with van der Waals surface area (Å²) in [6.45, 7) is 0.326. The number of nitrogens with one attached hydrogen (secondary N) is 2. The van der Waals surface area contributed by atoms with E-state index in [2.05, 4.69) is 5.43 Å². The SMILES string of the molecule is CNN(CCO)C(=N)N. The average Bonchev–Trinajstić information content (AvgIpc) is 1.82. The van der Waals surface area contributed by atoms with Crippen molar-refractivity contribution in [2.75, 3.05) is 20.2 Å². The lowest BCUT2D eigenvalue weighted by Crippen LogP contribution is -2.45. The molecule has 0 saturated heterocycles. The molecule has 5 nitrogen and oxygen atoms in total. The lowest BCUT2D eigenvalue weighted by molar-refractivity contribution is 0.222. The van der Waals surface area contributed by atoms with Crippen LogP contribution in [0.2, 0.25) is 0 Å². The maximum Gasteiger partial charge on any atom is 0.203 e. The van der Waals surface area contributed by atoms with E-state index in [4.69, 9.17) is 16.2 Å². The van der Waals surface area contributed by atoms with Crippen LogP contribution in [0.5, 0.6) is 0 Å². The Hall–Kier alpha value is -0.810. The molecule has 0 saturated carbocycles. The van der Waals surface area contributed by atoms with E-state index in [-0.39, 0.29) is 12.6 Å². The first kappa shape index (κ1) is 8.19. The second kappa shape index (κ2) is 4.11. The monoisotopic (exact) mass is 132 g/mol. The van der Waals surface area contributed by atoms with Gasteiger partial charge in [0.2, 0.25) is 5.96 Å². The molecule has 0 aromatic rings. The second-order valence-corrected chi connectivity index (χ2v) is 1.48. The lowest BCUT2D eigenvalue weighted by Gasteiger charge is -2.18. The molecule has 0 heterocycles. The highest BCUT2D eigenvalue weighted by Gasteiger charge is 1.99. The molecular formula is C4H12N4O. The molecule has 9 heavy (non-hydrogen) atoms. The van der Waals surface area contributed by atoms with Crippen molar-refractivity contribution >= 4 is 5.96 Å². The van der Waals surface area contributed by atoms with Crippen LogP contribution in [-0.4, -0.2) is 36.3 Å². The Morgan fingerprint density at radius 2 is 2.44 bits per heavy atom. The second-order valence-electron chi connectivity index (χ2n) is 1.48. The third-order valence-electron chi connectivity index (χ3n) is 0.884. The molecule has 0 radical (unpaired) electrons. The Morgan fingerprint density at radius 3 is 2.56 bits per heavy atom. The van der Waals surface area contributed by atoms with Crippen molar-refractivity contribution in [1.82, 2.24) is 10.4 Å². The predicted molar refractivity (Wildman–Crippen MR) is 34.8 cm³/mol. The lowest BCUT2D eigenvalue weighted by atomic mass is 10.6. The predicted octanol–water partition coefficient (Wildman–Crippen LogP) is -1.69. The minimum atomic E-state index is -0.0912. The number of aliphatic hydroxyl groups is 1. The zero-order chi connectivity index (χ0) is 7.28. The molecule has 0 bridgehead atoms.